The first-order valence-corrected chi connectivity index (χ1v) is 4.87. The molecule has 1 rings (SSSR count). The van der Waals surface area contributed by atoms with Crippen LogP contribution in [-0.2, 0) is 0 Å². The van der Waals surface area contributed by atoms with E-state index in [9.17, 15) is 13.2 Å². The third kappa shape index (κ3) is 2.66. The standard InChI is InChI=1S/C11H11F3N2/c1-2-7(5-6-15)16-9-4-3-8(12)10(13)11(9)14/h3-4,7,16H,2,5H2,1H3. The Kier molecular flexibility index (Phi) is 4.18. The molecule has 1 aromatic carbocycles. The first-order chi connectivity index (χ1) is 7.60. The van der Waals surface area contributed by atoms with Gasteiger partial charge < -0.3 is 5.32 Å². The molecule has 0 aliphatic carbocycles. The molecule has 0 aliphatic rings. The Bertz CT molecular complexity index is 412. The Morgan fingerprint density at radius 1 is 1.31 bits per heavy atom. The number of nitrogens with one attached hydrogen (secondary N) is 1. The molecule has 0 saturated heterocycles. The molecular weight excluding hydrogens is 217 g/mol. The summed E-state index contributed by atoms with van der Waals surface area (Å²) in [5.41, 5.74) is -0.124. The molecule has 86 valence electrons. The van der Waals surface area contributed by atoms with Crippen molar-refractivity contribution in [3.63, 3.8) is 0 Å². The average molecular weight is 228 g/mol. The second-order valence-corrected chi connectivity index (χ2v) is 3.33. The maximum absolute atomic E-state index is 13.2. The van der Waals surface area contributed by atoms with Crippen LogP contribution in [0.25, 0.3) is 0 Å². The zero-order valence-corrected chi connectivity index (χ0v) is 8.73. The summed E-state index contributed by atoms with van der Waals surface area (Å²) in [4.78, 5) is 0. The fraction of sp³-hybridized carbons (Fsp3) is 0.364. The van der Waals surface area contributed by atoms with E-state index in [0.717, 1.165) is 12.1 Å². The molecule has 0 saturated carbocycles. The van der Waals surface area contributed by atoms with Crippen LogP contribution in [0.15, 0.2) is 12.1 Å². The van der Waals surface area contributed by atoms with Gasteiger partial charge in [0.1, 0.15) is 0 Å². The van der Waals surface area contributed by atoms with Crippen LogP contribution in [0.2, 0.25) is 0 Å². The van der Waals surface area contributed by atoms with Crippen molar-refractivity contribution in [3.8, 4) is 6.07 Å². The first kappa shape index (κ1) is 12.4. The number of hydrogen-bond donors (Lipinski definition) is 1. The highest BCUT2D eigenvalue weighted by molar-refractivity contribution is 5.46. The number of hydrogen-bond acceptors (Lipinski definition) is 2. The van der Waals surface area contributed by atoms with Gasteiger partial charge in [-0.1, -0.05) is 6.92 Å². The highest BCUT2D eigenvalue weighted by atomic mass is 19.2. The summed E-state index contributed by atoms with van der Waals surface area (Å²) in [5, 5.41) is 11.2. The van der Waals surface area contributed by atoms with Crippen molar-refractivity contribution in [2.24, 2.45) is 0 Å². The zero-order chi connectivity index (χ0) is 12.1. The quantitative estimate of drug-likeness (QED) is 0.803. The van der Waals surface area contributed by atoms with Crippen LogP contribution in [0.3, 0.4) is 0 Å². The molecule has 0 aliphatic heterocycles. The van der Waals surface area contributed by atoms with Crippen molar-refractivity contribution < 1.29 is 13.2 Å². The van der Waals surface area contributed by atoms with Gasteiger partial charge >= 0.3 is 0 Å². The van der Waals surface area contributed by atoms with E-state index < -0.39 is 17.5 Å². The third-order valence-corrected chi connectivity index (χ3v) is 2.23. The molecule has 1 atom stereocenters. The van der Waals surface area contributed by atoms with Gasteiger partial charge in [0.25, 0.3) is 0 Å². The Hall–Kier alpha value is -1.70. The molecule has 0 spiro atoms. The highest BCUT2D eigenvalue weighted by Gasteiger charge is 2.15. The van der Waals surface area contributed by atoms with E-state index in [4.69, 9.17) is 5.26 Å². The monoisotopic (exact) mass is 228 g/mol. The molecule has 0 heterocycles. The summed E-state index contributed by atoms with van der Waals surface area (Å²) >= 11 is 0. The molecule has 0 radical (unpaired) electrons. The largest absolute Gasteiger partial charge is 0.379 e. The van der Waals surface area contributed by atoms with Crippen LogP contribution in [0.1, 0.15) is 19.8 Å². The molecular formula is C11H11F3N2. The van der Waals surface area contributed by atoms with Crippen molar-refractivity contribution in [1.82, 2.24) is 0 Å². The molecule has 5 heteroatoms. The predicted molar refractivity (Wildman–Crippen MR) is 54.2 cm³/mol. The van der Waals surface area contributed by atoms with Crippen molar-refractivity contribution in [1.29, 1.82) is 5.26 Å². The summed E-state index contributed by atoms with van der Waals surface area (Å²) in [6, 6.07) is 3.62. The summed E-state index contributed by atoms with van der Waals surface area (Å²) in [6.45, 7) is 1.81. The van der Waals surface area contributed by atoms with E-state index >= 15 is 0 Å². The number of nitrogens with zero attached hydrogens (tertiary/aromatic N) is 1. The molecule has 1 N–H and O–H groups in total. The molecule has 1 unspecified atom stereocenters. The third-order valence-electron chi connectivity index (χ3n) is 2.23. The van der Waals surface area contributed by atoms with Gasteiger partial charge in [-0.25, -0.2) is 13.2 Å². The van der Waals surface area contributed by atoms with Crippen LogP contribution in [0.5, 0.6) is 0 Å². The minimum atomic E-state index is -1.50. The fourth-order valence-electron chi connectivity index (χ4n) is 1.26. The second-order valence-electron chi connectivity index (χ2n) is 3.33. The minimum absolute atomic E-state index is 0.124. The zero-order valence-electron chi connectivity index (χ0n) is 8.73. The predicted octanol–water partition coefficient (Wildman–Crippen LogP) is 3.21. The summed E-state index contributed by atoms with van der Waals surface area (Å²) < 4.78 is 38.7. The number of rotatable bonds is 4. The van der Waals surface area contributed by atoms with Gasteiger partial charge in [0.15, 0.2) is 17.5 Å². The van der Waals surface area contributed by atoms with Crippen molar-refractivity contribution in [2.45, 2.75) is 25.8 Å². The van der Waals surface area contributed by atoms with E-state index in [-0.39, 0.29) is 18.2 Å². The van der Waals surface area contributed by atoms with Crippen LogP contribution >= 0.6 is 0 Å². The fourth-order valence-corrected chi connectivity index (χ4v) is 1.26. The normalized spacial score (nSPS) is 11.9. The molecule has 0 amide bonds. The lowest BCUT2D eigenvalue weighted by Crippen LogP contribution is -2.18. The lowest BCUT2D eigenvalue weighted by molar-refractivity contribution is 0.448. The molecule has 0 bridgehead atoms. The maximum Gasteiger partial charge on any atom is 0.196 e. The number of anilines is 1. The Morgan fingerprint density at radius 3 is 2.56 bits per heavy atom. The van der Waals surface area contributed by atoms with E-state index in [1.165, 1.54) is 0 Å². The number of nitriles is 1. The Balaban J connectivity index is 2.89. The minimum Gasteiger partial charge on any atom is -0.379 e. The SMILES string of the molecule is CCC(CC#N)Nc1ccc(F)c(F)c1F. The van der Waals surface area contributed by atoms with Crippen LogP contribution in [-0.4, -0.2) is 6.04 Å². The first-order valence-electron chi connectivity index (χ1n) is 4.87. The van der Waals surface area contributed by atoms with Gasteiger partial charge in [-0.15, -0.1) is 0 Å². The van der Waals surface area contributed by atoms with Gasteiger partial charge in [-0.2, -0.15) is 5.26 Å². The van der Waals surface area contributed by atoms with Gasteiger partial charge in [0.05, 0.1) is 18.2 Å². The summed E-state index contributed by atoms with van der Waals surface area (Å²) in [6.07, 6.45) is 0.765. The second kappa shape index (κ2) is 5.40. The molecule has 1 aromatic rings. The van der Waals surface area contributed by atoms with Gasteiger partial charge in [-0.05, 0) is 18.6 Å². The maximum atomic E-state index is 13.2. The lowest BCUT2D eigenvalue weighted by atomic mass is 10.1. The number of benzene rings is 1. The van der Waals surface area contributed by atoms with Gasteiger partial charge in [0, 0.05) is 6.04 Å². The summed E-state index contributed by atoms with van der Waals surface area (Å²) in [7, 11) is 0. The Morgan fingerprint density at radius 2 is 2.00 bits per heavy atom. The van der Waals surface area contributed by atoms with Gasteiger partial charge in [-0.3, -0.25) is 0 Å². The number of halogens is 3. The van der Waals surface area contributed by atoms with Crippen molar-refractivity contribution >= 4 is 5.69 Å². The van der Waals surface area contributed by atoms with Crippen molar-refractivity contribution in [3.05, 3.63) is 29.6 Å². The van der Waals surface area contributed by atoms with E-state index in [1.54, 1.807) is 0 Å². The van der Waals surface area contributed by atoms with Crippen LogP contribution in [0.4, 0.5) is 18.9 Å². The molecule has 16 heavy (non-hydrogen) atoms. The highest BCUT2D eigenvalue weighted by Crippen LogP contribution is 2.21. The average Bonchev–Trinajstić information content (AvgIpc) is 2.29. The van der Waals surface area contributed by atoms with E-state index in [1.807, 2.05) is 13.0 Å². The molecule has 0 fully saturated rings. The lowest BCUT2D eigenvalue weighted by Gasteiger charge is -2.15. The van der Waals surface area contributed by atoms with Crippen molar-refractivity contribution in [2.75, 3.05) is 5.32 Å². The van der Waals surface area contributed by atoms with Gasteiger partial charge in [0.2, 0.25) is 0 Å². The summed E-state index contributed by atoms with van der Waals surface area (Å²) in [5.74, 6) is -3.98. The Labute approximate surface area is 91.7 Å². The van der Waals surface area contributed by atoms with E-state index in [0.29, 0.717) is 6.42 Å². The van der Waals surface area contributed by atoms with Crippen LogP contribution in [0, 0.1) is 28.8 Å². The topological polar surface area (TPSA) is 35.8 Å². The molecule has 2 nitrogen and oxygen atoms in total. The smallest absolute Gasteiger partial charge is 0.196 e. The van der Waals surface area contributed by atoms with Crippen LogP contribution < -0.4 is 5.32 Å². The van der Waals surface area contributed by atoms with E-state index in [2.05, 4.69) is 5.32 Å². The molecule has 0 aromatic heterocycles.